The highest BCUT2D eigenvalue weighted by Gasteiger charge is 2.03. The number of rotatable bonds is 0. The van der Waals surface area contributed by atoms with Gasteiger partial charge >= 0.3 is 0 Å². The van der Waals surface area contributed by atoms with Crippen LogP contribution in [-0.2, 0) is 0 Å². The summed E-state index contributed by atoms with van der Waals surface area (Å²) in [4.78, 5) is 0. The summed E-state index contributed by atoms with van der Waals surface area (Å²) in [5, 5.41) is 9.04. The van der Waals surface area contributed by atoms with Crippen LogP contribution in [-0.4, -0.2) is 5.11 Å². The minimum Gasteiger partial charge on any atom is -0.506 e. The molecule has 0 aliphatic carbocycles. The second kappa shape index (κ2) is 2.53. The number of phenolic OH excluding ortho intramolecular Hbond substituents is 1. The van der Waals surface area contributed by atoms with Crippen molar-refractivity contribution >= 4 is 34.0 Å². The van der Waals surface area contributed by atoms with Gasteiger partial charge in [0.05, 0.1) is 9.26 Å². The minimum atomic E-state index is 0.0820. The van der Waals surface area contributed by atoms with Crippen LogP contribution in [0.25, 0.3) is 0 Å². The molecule has 10 heavy (non-hydrogen) atoms. The molecule has 0 unspecified atom stereocenters. The lowest BCUT2D eigenvalue weighted by Gasteiger charge is -2.02. The van der Waals surface area contributed by atoms with E-state index in [1.54, 1.807) is 6.07 Å². The highest BCUT2D eigenvalue weighted by Crippen LogP contribution is 2.29. The Morgan fingerprint density at radius 2 is 1.90 bits per heavy atom. The lowest BCUT2D eigenvalue weighted by atomic mass is 10.3. The zero-order valence-corrected chi connectivity index (χ0v) is 7.29. The molecule has 0 aromatic heterocycles. The number of anilines is 2. The maximum absolute atomic E-state index is 9.04. The molecule has 0 saturated heterocycles. The Labute approximate surface area is 72.2 Å². The predicted molar refractivity (Wildman–Crippen MR) is 49.6 cm³/mol. The van der Waals surface area contributed by atoms with E-state index in [0.717, 1.165) is 0 Å². The van der Waals surface area contributed by atoms with Gasteiger partial charge in [-0.25, -0.2) is 0 Å². The van der Waals surface area contributed by atoms with Crippen molar-refractivity contribution in [3.63, 3.8) is 0 Å². The van der Waals surface area contributed by atoms with E-state index in [0.29, 0.717) is 14.9 Å². The van der Waals surface area contributed by atoms with E-state index in [4.69, 9.17) is 16.6 Å². The normalized spacial score (nSPS) is 9.70. The molecule has 0 fully saturated rings. The van der Waals surface area contributed by atoms with Gasteiger partial charge in [0.2, 0.25) is 0 Å². The monoisotopic (exact) mass is 250 g/mol. The Morgan fingerprint density at radius 1 is 1.30 bits per heavy atom. The topological polar surface area (TPSA) is 72.3 Å². The van der Waals surface area contributed by atoms with Crippen LogP contribution < -0.4 is 11.5 Å². The van der Waals surface area contributed by atoms with Crippen LogP contribution >= 0.6 is 22.6 Å². The van der Waals surface area contributed by atoms with Gasteiger partial charge in [0.1, 0.15) is 5.75 Å². The fourth-order valence-electron chi connectivity index (χ4n) is 0.600. The molecule has 0 aliphatic rings. The first-order valence-electron chi connectivity index (χ1n) is 2.65. The maximum atomic E-state index is 9.04. The summed E-state index contributed by atoms with van der Waals surface area (Å²) < 4.78 is 0.706. The van der Waals surface area contributed by atoms with Gasteiger partial charge in [-0.1, -0.05) is 0 Å². The lowest BCUT2D eigenvalue weighted by Crippen LogP contribution is -1.95. The van der Waals surface area contributed by atoms with Gasteiger partial charge in [0.25, 0.3) is 0 Å². The average Bonchev–Trinajstić information content (AvgIpc) is 1.93. The number of aromatic hydroxyl groups is 1. The summed E-state index contributed by atoms with van der Waals surface area (Å²) >= 11 is 1.98. The standard InChI is InChI=1S/C6H7IN2O/c7-5-3(8)1-2-4(10)6(5)9/h1-2,10H,8-9H2. The molecular weight excluding hydrogens is 243 g/mol. The van der Waals surface area contributed by atoms with Gasteiger partial charge < -0.3 is 16.6 Å². The summed E-state index contributed by atoms with van der Waals surface area (Å²) in [7, 11) is 0. The first kappa shape index (κ1) is 7.46. The smallest absolute Gasteiger partial charge is 0.139 e. The van der Waals surface area contributed by atoms with Crippen molar-refractivity contribution in [2.75, 3.05) is 11.5 Å². The Bertz CT molecular complexity index is 235. The van der Waals surface area contributed by atoms with Crippen LogP contribution in [0.15, 0.2) is 12.1 Å². The van der Waals surface area contributed by atoms with Crippen LogP contribution in [0.4, 0.5) is 11.4 Å². The highest BCUT2D eigenvalue weighted by molar-refractivity contribution is 14.1. The Kier molecular flexibility index (Phi) is 1.89. The first-order chi connectivity index (χ1) is 4.63. The van der Waals surface area contributed by atoms with Crippen LogP contribution in [0.3, 0.4) is 0 Å². The molecule has 54 valence electrons. The van der Waals surface area contributed by atoms with Crippen molar-refractivity contribution in [1.82, 2.24) is 0 Å². The molecule has 3 nitrogen and oxygen atoms in total. The van der Waals surface area contributed by atoms with Crippen LogP contribution in [0.5, 0.6) is 5.75 Å². The molecule has 4 heteroatoms. The molecule has 0 atom stereocenters. The summed E-state index contributed by atoms with van der Waals surface area (Å²) in [6.07, 6.45) is 0. The van der Waals surface area contributed by atoms with Gasteiger partial charge in [-0.2, -0.15) is 0 Å². The molecular formula is C6H7IN2O. The second-order valence-electron chi connectivity index (χ2n) is 1.90. The Balaban J connectivity index is 3.34. The molecule has 0 bridgehead atoms. The molecule has 0 heterocycles. The van der Waals surface area contributed by atoms with Crippen molar-refractivity contribution < 1.29 is 5.11 Å². The van der Waals surface area contributed by atoms with Crippen LogP contribution in [0, 0.1) is 3.57 Å². The SMILES string of the molecule is Nc1ccc(O)c(N)c1I. The van der Waals surface area contributed by atoms with Gasteiger partial charge in [0, 0.05) is 5.69 Å². The molecule has 1 aromatic rings. The van der Waals surface area contributed by atoms with Gasteiger partial charge in [0.15, 0.2) is 0 Å². The summed E-state index contributed by atoms with van der Waals surface area (Å²) in [6.45, 7) is 0. The van der Waals surface area contributed by atoms with Crippen molar-refractivity contribution in [3.05, 3.63) is 15.7 Å². The third kappa shape index (κ3) is 1.11. The zero-order valence-electron chi connectivity index (χ0n) is 5.13. The molecule has 0 saturated carbocycles. The fourth-order valence-corrected chi connectivity index (χ4v) is 1.06. The van der Waals surface area contributed by atoms with E-state index in [9.17, 15) is 0 Å². The number of halogens is 1. The largest absolute Gasteiger partial charge is 0.506 e. The average molecular weight is 250 g/mol. The minimum absolute atomic E-state index is 0.0820. The number of hydrogen-bond acceptors (Lipinski definition) is 3. The zero-order chi connectivity index (χ0) is 7.72. The van der Waals surface area contributed by atoms with Crippen LogP contribution in [0.1, 0.15) is 0 Å². The van der Waals surface area contributed by atoms with Crippen molar-refractivity contribution in [2.24, 2.45) is 0 Å². The molecule has 1 aromatic carbocycles. The second-order valence-corrected chi connectivity index (χ2v) is 2.98. The maximum Gasteiger partial charge on any atom is 0.139 e. The van der Waals surface area contributed by atoms with E-state index >= 15 is 0 Å². The molecule has 0 radical (unpaired) electrons. The predicted octanol–water partition coefficient (Wildman–Crippen LogP) is 1.16. The molecule has 5 N–H and O–H groups in total. The van der Waals surface area contributed by atoms with E-state index in [1.807, 2.05) is 22.6 Å². The number of nitrogen functional groups attached to an aromatic ring is 2. The third-order valence-electron chi connectivity index (χ3n) is 1.19. The summed E-state index contributed by atoms with van der Waals surface area (Å²) in [5.41, 5.74) is 11.9. The van der Waals surface area contributed by atoms with E-state index in [2.05, 4.69) is 0 Å². The van der Waals surface area contributed by atoms with E-state index in [-0.39, 0.29) is 5.75 Å². The number of benzene rings is 1. The molecule has 1 rings (SSSR count). The first-order valence-corrected chi connectivity index (χ1v) is 3.73. The number of hydrogen-bond donors (Lipinski definition) is 3. The highest BCUT2D eigenvalue weighted by atomic mass is 127. The van der Waals surface area contributed by atoms with Crippen molar-refractivity contribution in [1.29, 1.82) is 0 Å². The lowest BCUT2D eigenvalue weighted by molar-refractivity contribution is 0.478. The Morgan fingerprint density at radius 3 is 2.40 bits per heavy atom. The van der Waals surface area contributed by atoms with Gasteiger partial charge in [-0.3, -0.25) is 0 Å². The van der Waals surface area contributed by atoms with Crippen molar-refractivity contribution in [2.45, 2.75) is 0 Å². The van der Waals surface area contributed by atoms with Gasteiger partial charge in [-0.05, 0) is 34.7 Å². The summed E-state index contributed by atoms with van der Waals surface area (Å²) in [6, 6.07) is 3.10. The molecule has 0 amide bonds. The van der Waals surface area contributed by atoms with Gasteiger partial charge in [-0.15, -0.1) is 0 Å². The van der Waals surface area contributed by atoms with Crippen LogP contribution in [0.2, 0.25) is 0 Å². The quantitative estimate of drug-likeness (QED) is 0.280. The molecule has 0 aliphatic heterocycles. The third-order valence-corrected chi connectivity index (χ3v) is 2.39. The molecule has 0 spiro atoms. The number of nitrogens with two attached hydrogens (primary N) is 2. The number of phenols is 1. The van der Waals surface area contributed by atoms with E-state index < -0.39 is 0 Å². The fraction of sp³-hybridized carbons (Fsp3) is 0. The van der Waals surface area contributed by atoms with E-state index in [1.165, 1.54) is 6.07 Å². The summed E-state index contributed by atoms with van der Waals surface area (Å²) in [5.74, 6) is 0.0820. The van der Waals surface area contributed by atoms with Crippen molar-refractivity contribution in [3.8, 4) is 5.75 Å². The Hall–Kier alpha value is -0.650.